The second-order valence-corrected chi connectivity index (χ2v) is 8.76. The van der Waals surface area contributed by atoms with E-state index < -0.39 is 12.0 Å². The van der Waals surface area contributed by atoms with Crippen molar-refractivity contribution in [2.24, 2.45) is 16.7 Å². The van der Waals surface area contributed by atoms with Gasteiger partial charge < -0.3 is 31.7 Å². The Balaban J connectivity index is 0.00000102. The third-order valence-corrected chi connectivity index (χ3v) is 6.62. The van der Waals surface area contributed by atoms with Gasteiger partial charge in [0.05, 0.1) is 6.54 Å². The second-order valence-electron chi connectivity index (χ2n) is 8.76. The molecule has 1 aliphatic rings. The van der Waals surface area contributed by atoms with E-state index in [1.807, 2.05) is 59.3 Å². The lowest BCUT2D eigenvalue weighted by molar-refractivity contribution is -0.139. The number of carbonyl (C=O) groups is 2. The van der Waals surface area contributed by atoms with Crippen LogP contribution in [0.3, 0.4) is 0 Å². The number of benzene rings is 3. The molecule has 190 valence electrons. The Morgan fingerprint density at radius 1 is 1.03 bits per heavy atom. The van der Waals surface area contributed by atoms with Crippen LogP contribution in [0.4, 0.5) is 0 Å². The number of para-hydroxylation sites is 1. The van der Waals surface area contributed by atoms with Gasteiger partial charge in [0.1, 0.15) is 11.9 Å². The Kier molecular flexibility index (Phi) is 7.85. The van der Waals surface area contributed by atoms with Gasteiger partial charge in [-0.1, -0.05) is 66.7 Å². The Hall–Kier alpha value is -4.63. The first kappa shape index (κ1) is 25.5. The molecule has 37 heavy (non-hydrogen) atoms. The van der Waals surface area contributed by atoms with Crippen LogP contribution in [0.1, 0.15) is 22.6 Å². The van der Waals surface area contributed by atoms with Crippen LogP contribution in [-0.2, 0) is 22.6 Å². The predicted octanol–water partition coefficient (Wildman–Crippen LogP) is 2.97. The number of aromatic nitrogens is 1. The molecule has 9 nitrogen and oxygen atoms in total. The number of hydrazone groups is 1. The summed E-state index contributed by atoms with van der Waals surface area (Å²) in [4.78, 5) is 20.6. The van der Waals surface area contributed by atoms with Gasteiger partial charge in [-0.2, -0.15) is 5.10 Å². The third kappa shape index (κ3) is 5.31. The highest BCUT2D eigenvalue weighted by atomic mass is 16.4. The molecule has 1 aliphatic carbocycles. The number of carboxylic acids is 1. The Morgan fingerprint density at radius 3 is 2.19 bits per heavy atom. The van der Waals surface area contributed by atoms with Crippen molar-refractivity contribution in [1.82, 2.24) is 9.88 Å². The van der Waals surface area contributed by atoms with Gasteiger partial charge in [0.2, 0.25) is 0 Å². The van der Waals surface area contributed by atoms with Crippen molar-refractivity contribution >= 4 is 29.2 Å². The molecule has 0 spiro atoms. The van der Waals surface area contributed by atoms with Gasteiger partial charge in [0, 0.05) is 36.0 Å². The first-order valence-corrected chi connectivity index (χ1v) is 11.8. The molecule has 4 aromatic rings. The summed E-state index contributed by atoms with van der Waals surface area (Å²) in [5, 5.41) is 24.8. The summed E-state index contributed by atoms with van der Waals surface area (Å²) in [6.45, 7) is 0.633. The van der Waals surface area contributed by atoms with E-state index in [-0.39, 0.29) is 12.4 Å². The van der Waals surface area contributed by atoms with Crippen LogP contribution in [-0.4, -0.2) is 45.6 Å². The van der Waals surface area contributed by atoms with Gasteiger partial charge in [-0.25, -0.2) is 0 Å². The van der Waals surface area contributed by atoms with Crippen molar-refractivity contribution in [2.45, 2.75) is 24.9 Å². The molecule has 7 N–H and O–H groups in total. The van der Waals surface area contributed by atoms with Crippen LogP contribution in [0.2, 0.25) is 0 Å². The van der Waals surface area contributed by atoms with Gasteiger partial charge >= 0.3 is 5.97 Å². The zero-order valence-electron chi connectivity index (χ0n) is 20.1. The zero-order chi connectivity index (χ0) is 26.4. The highest BCUT2D eigenvalue weighted by Crippen LogP contribution is 2.44. The number of nitrogens with two attached hydrogens (primary N) is 2. The van der Waals surface area contributed by atoms with E-state index in [1.165, 1.54) is 22.3 Å². The summed E-state index contributed by atoms with van der Waals surface area (Å²) in [5.74, 6) is 4.86. The van der Waals surface area contributed by atoms with E-state index in [4.69, 9.17) is 21.5 Å². The summed E-state index contributed by atoms with van der Waals surface area (Å²) in [5.41, 5.74) is 12.7. The maximum absolute atomic E-state index is 12.2. The van der Waals surface area contributed by atoms with E-state index in [1.54, 1.807) is 0 Å². The predicted molar refractivity (Wildman–Crippen MR) is 143 cm³/mol. The molecular weight excluding hydrogens is 470 g/mol. The average Bonchev–Trinajstić information content (AvgIpc) is 3.42. The minimum atomic E-state index is -0.876. The molecule has 0 bridgehead atoms. The molecular formula is C28H29N5O4. The van der Waals surface area contributed by atoms with Crippen molar-refractivity contribution in [1.29, 1.82) is 0 Å². The van der Waals surface area contributed by atoms with Crippen LogP contribution < -0.4 is 16.9 Å². The lowest BCUT2D eigenvalue weighted by Gasteiger charge is -2.19. The Bertz CT molecular complexity index is 1400. The molecule has 1 aromatic heterocycles. The van der Waals surface area contributed by atoms with E-state index in [9.17, 15) is 9.90 Å². The van der Waals surface area contributed by atoms with Gasteiger partial charge in [0.15, 0.2) is 0 Å². The molecule has 1 unspecified atom stereocenters. The van der Waals surface area contributed by atoms with E-state index >= 15 is 0 Å². The number of nitrogens with one attached hydrogen (secondary N) is 1. The summed E-state index contributed by atoms with van der Waals surface area (Å²) in [7, 11) is 0. The first-order valence-electron chi connectivity index (χ1n) is 11.8. The molecule has 1 heterocycles. The fraction of sp³-hybridized carbons (Fsp3) is 0.179. The number of amidine groups is 1. The maximum atomic E-state index is 12.2. The second kappa shape index (κ2) is 11.4. The molecule has 9 heteroatoms. The molecule has 5 rings (SSSR count). The van der Waals surface area contributed by atoms with Crippen molar-refractivity contribution < 1.29 is 19.8 Å². The van der Waals surface area contributed by atoms with Gasteiger partial charge in [0.25, 0.3) is 6.47 Å². The van der Waals surface area contributed by atoms with Crippen LogP contribution in [0.5, 0.6) is 0 Å². The Labute approximate surface area is 214 Å². The van der Waals surface area contributed by atoms with Crippen LogP contribution in [0.15, 0.2) is 84.1 Å². The molecule has 3 aromatic carbocycles. The van der Waals surface area contributed by atoms with Crippen LogP contribution >= 0.6 is 0 Å². The first-order chi connectivity index (χ1) is 18.0. The summed E-state index contributed by atoms with van der Waals surface area (Å²) < 4.78 is 1.96. The fourth-order valence-corrected chi connectivity index (χ4v) is 5.04. The zero-order valence-corrected chi connectivity index (χ0v) is 20.1. The minimum absolute atomic E-state index is 0.108. The van der Waals surface area contributed by atoms with Crippen LogP contribution in [0.25, 0.3) is 22.0 Å². The van der Waals surface area contributed by atoms with Gasteiger partial charge in [-0.3, -0.25) is 9.59 Å². The topological polar surface area (TPSA) is 156 Å². The molecule has 0 amide bonds. The number of hydrogen-bond acceptors (Lipinski definition) is 5. The summed E-state index contributed by atoms with van der Waals surface area (Å²) in [6, 6.07) is 23.8. The number of hydrogen-bond donors (Lipinski definition) is 5. The van der Waals surface area contributed by atoms with Crippen LogP contribution in [0, 0.1) is 0 Å². The van der Waals surface area contributed by atoms with Crippen molar-refractivity contribution in [3.63, 3.8) is 0 Å². The van der Waals surface area contributed by atoms with Gasteiger partial charge in [-0.05, 0) is 33.9 Å². The highest BCUT2D eigenvalue weighted by Gasteiger charge is 2.29. The van der Waals surface area contributed by atoms with Crippen molar-refractivity contribution in [3.05, 3.63) is 95.7 Å². The smallest absolute Gasteiger partial charge is 0.321 e. The lowest BCUT2D eigenvalue weighted by Crippen LogP contribution is -2.40. The normalized spacial score (nSPS) is 13.4. The minimum Gasteiger partial charge on any atom is -0.483 e. The quantitative estimate of drug-likeness (QED) is 0.0820. The van der Waals surface area contributed by atoms with Gasteiger partial charge in [-0.15, -0.1) is 0 Å². The molecule has 0 saturated heterocycles. The lowest BCUT2D eigenvalue weighted by atomic mass is 9.96. The number of rotatable bonds is 8. The number of carboxylic acid groups (broad SMARTS) is 2. The fourth-order valence-electron chi connectivity index (χ4n) is 5.04. The maximum Gasteiger partial charge on any atom is 0.321 e. The average molecular weight is 500 g/mol. The van der Waals surface area contributed by atoms with Crippen molar-refractivity contribution in [2.75, 3.05) is 6.54 Å². The Morgan fingerprint density at radius 2 is 1.59 bits per heavy atom. The molecule has 1 atom stereocenters. The molecule has 0 aliphatic heterocycles. The molecule has 0 saturated carbocycles. The van der Waals surface area contributed by atoms with E-state index in [0.717, 1.165) is 16.5 Å². The van der Waals surface area contributed by atoms with E-state index in [0.29, 0.717) is 25.3 Å². The summed E-state index contributed by atoms with van der Waals surface area (Å²) in [6.07, 6.45) is 2.29. The third-order valence-electron chi connectivity index (χ3n) is 6.62. The molecule has 0 fully saturated rings. The SMILES string of the molecule is N/N=C(\N)Cn1cc(CC(NCC2c3ccccc3-c3ccccc32)C(=O)O)c2ccccc21.O=CO. The van der Waals surface area contributed by atoms with E-state index in [2.05, 4.69) is 34.7 Å². The number of nitrogens with zero attached hydrogens (tertiary/aromatic N) is 2. The monoisotopic (exact) mass is 499 g/mol. The molecule has 0 radical (unpaired) electrons. The number of aliphatic carboxylic acids is 1. The largest absolute Gasteiger partial charge is 0.483 e. The number of fused-ring (bicyclic) bond motifs is 4. The van der Waals surface area contributed by atoms with Crippen molar-refractivity contribution in [3.8, 4) is 11.1 Å². The standard InChI is InChI=1S/C27H27N5O2.CH2O2/c28-26(31-29)16-32-15-17(18-7-5-6-12-25(18)32)13-24(27(33)34)30-14-23-21-10-3-1-8-19(21)20-9-2-4-11-22(20)23;2-1-3/h1-12,15,23-24,30H,13-14,16,29H2,(H2,28,31)(H,33,34);1H,(H,2,3). The summed E-state index contributed by atoms with van der Waals surface area (Å²) >= 11 is 0. The highest BCUT2D eigenvalue weighted by molar-refractivity contribution is 5.88.